The smallest absolute Gasteiger partial charge is 0.337 e. The summed E-state index contributed by atoms with van der Waals surface area (Å²) in [6.07, 6.45) is 7.87. The second kappa shape index (κ2) is 17.0. The summed E-state index contributed by atoms with van der Waals surface area (Å²) in [6, 6.07) is 25.2. The van der Waals surface area contributed by atoms with Crippen LogP contribution in [0.5, 0.6) is 11.5 Å². The molecule has 0 aromatic heterocycles. The second-order valence-corrected chi connectivity index (χ2v) is 10.1. The molecule has 0 aliphatic heterocycles. The summed E-state index contributed by atoms with van der Waals surface area (Å²) in [4.78, 5) is 24.4. The van der Waals surface area contributed by atoms with Gasteiger partial charge in [-0.25, -0.2) is 4.79 Å². The van der Waals surface area contributed by atoms with E-state index in [0.717, 1.165) is 35.7 Å². The van der Waals surface area contributed by atoms with Crippen LogP contribution in [0.15, 0.2) is 95.9 Å². The fourth-order valence-corrected chi connectivity index (χ4v) is 4.77. The van der Waals surface area contributed by atoms with Gasteiger partial charge in [0.1, 0.15) is 11.5 Å². The molecule has 0 amide bonds. The molecule has 3 aromatic carbocycles. The Labute approximate surface area is 235 Å². The Balaban J connectivity index is 1.44. The van der Waals surface area contributed by atoms with Gasteiger partial charge in [-0.1, -0.05) is 42.5 Å². The number of rotatable bonds is 16. The number of hydrogen-bond donors (Lipinski definition) is 0. The molecule has 0 bridgehead atoms. The number of methoxy groups -OCH3 is 2. The van der Waals surface area contributed by atoms with Crippen LogP contribution in [0, 0.1) is 0 Å². The summed E-state index contributed by atoms with van der Waals surface area (Å²) < 4.78 is 21.2. The quantitative estimate of drug-likeness (QED) is 0.0832. The van der Waals surface area contributed by atoms with Crippen molar-refractivity contribution in [2.24, 2.45) is 0 Å². The number of carbonyl (C=O) groups excluding carboxylic acids is 2. The molecule has 1 atom stereocenters. The van der Waals surface area contributed by atoms with Crippen LogP contribution >= 0.6 is 11.8 Å². The molecule has 0 N–H and O–H groups in total. The van der Waals surface area contributed by atoms with Gasteiger partial charge in [-0.3, -0.25) is 4.79 Å². The number of ether oxygens (including phenoxy) is 4. The minimum absolute atomic E-state index is 0.0848. The van der Waals surface area contributed by atoms with E-state index in [-0.39, 0.29) is 17.2 Å². The van der Waals surface area contributed by atoms with E-state index in [2.05, 4.69) is 24.3 Å². The fraction of sp³-hybridized carbons (Fsp3) is 0.312. The third-order valence-electron chi connectivity index (χ3n) is 5.87. The zero-order chi connectivity index (χ0) is 27.7. The first-order chi connectivity index (χ1) is 19.1. The van der Waals surface area contributed by atoms with Crippen molar-refractivity contribution in [3.8, 4) is 11.5 Å². The number of esters is 2. The molecule has 6 nitrogen and oxygen atoms in total. The molecule has 0 fully saturated rings. The van der Waals surface area contributed by atoms with Crippen LogP contribution in [0.3, 0.4) is 0 Å². The van der Waals surface area contributed by atoms with Crippen molar-refractivity contribution in [1.29, 1.82) is 0 Å². The summed E-state index contributed by atoms with van der Waals surface area (Å²) in [5, 5.41) is 0.0848. The lowest BCUT2D eigenvalue weighted by molar-refractivity contribution is -0.140. The maximum Gasteiger partial charge on any atom is 0.337 e. The van der Waals surface area contributed by atoms with E-state index in [1.807, 2.05) is 54.6 Å². The molecule has 0 spiro atoms. The largest absolute Gasteiger partial charge is 0.494 e. The van der Waals surface area contributed by atoms with Gasteiger partial charge in [0, 0.05) is 16.6 Å². The fourth-order valence-electron chi connectivity index (χ4n) is 3.70. The van der Waals surface area contributed by atoms with E-state index >= 15 is 0 Å². The molecule has 39 heavy (non-hydrogen) atoms. The molecule has 0 aliphatic carbocycles. The number of unbranched alkanes of at least 4 members (excludes halogenated alkanes) is 1. The third kappa shape index (κ3) is 11.3. The number of benzene rings is 3. The molecule has 3 rings (SSSR count). The Kier molecular flexibility index (Phi) is 13.0. The van der Waals surface area contributed by atoms with Gasteiger partial charge in [-0.15, -0.1) is 11.8 Å². The van der Waals surface area contributed by atoms with Crippen molar-refractivity contribution >= 4 is 23.7 Å². The Bertz CT molecular complexity index is 1160. The Morgan fingerprint density at radius 2 is 1.44 bits per heavy atom. The number of hydrogen-bond acceptors (Lipinski definition) is 7. The zero-order valence-corrected chi connectivity index (χ0v) is 23.4. The summed E-state index contributed by atoms with van der Waals surface area (Å²) in [5.74, 6) is 1.16. The summed E-state index contributed by atoms with van der Waals surface area (Å²) in [5.41, 5.74) is 1.68. The van der Waals surface area contributed by atoms with E-state index in [1.54, 1.807) is 23.9 Å². The summed E-state index contributed by atoms with van der Waals surface area (Å²) in [7, 11) is 2.77. The molecule has 0 aliphatic rings. The highest BCUT2D eigenvalue weighted by atomic mass is 32.2. The lowest BCUT2D eigenvalue weighted by Gasteiger charge is -2.12. The van der Waals surface area contributed by atoms with Crippen molar-refractivity contribution < 1.29 is 28.5 Å². The van der Waals surface area contributed by atoms with Crippen molar-refractivity contribution in [2.75, 3.05) is 27.4 Å². The molecule has 0 heterocycles. The number of thioether (sulfide) groups is 1. The van der Waals surface area contributed by atoms with Crippen LogP contribution in [-0.2, 0) is 20.7 Å². The second-order valence-electron chi connectivity index (χ2n) is 8.78. The van der Waals surface area contributed by atoms with Crippen LogP contribution in [0.4, 0.5) is 0 Å². The van der Waals surface area contributed by atoms with Crippen LogP contribution in [-0.4, -0.2) is 44.6 Å². The highest BCUT2D eigenvalue weighted by Gasteiger charge is 2.12. The van der Waals surface area contributed by atoms with E-state index in [0.29, 0.717) is 31.6 Å². The van der Waals surface area contributed by atoms with Crippen LogP contribution in [0.1, 0.15) is 41.6 Å². The SMILES string of the molecule is COC(=O)CCC(C=CCc1ccc(OCCCCOc2ccccc2)cc1)Sc1ccc(C(=O)OC)cc1. The predicted octanol–water partition coefficient (Wildman–Crippen LogP) is 6.92. The third-order valence-corrected chi connectivity index (χ3v) is 7.11. The molecule has 0 radical (unpaired) electrons. The Morgan fingerprint density at radius 1 is 0.795 bits per heavy atom. The average molecular weight is 549 g/mol. The normalized spacial score (nSPS) is 11.6. The first kappa shape index (κ1) is 29.8. The van der Waals surface area contributed by atoms with Crippen molar-refractivity contribution in [1.82, 2.24) is 0 Å². The van der Waals surface area contributed by atoms with Crippen molar-refractivity contribution in [3.05, 3.63) is 102 Å². The number of allylic oxidation sites excluding steroid dienone is 1. The highest BCUT2D eigenvalue weighted by Crippen LogP contribution is 2.28. The molecule has 1 unspecified atom stereocenters. The Morgan fingerprint density at radius 3 is 2.05 bits per heavy atom. The van der Waals surface area contributed by atoms with Crippen LogP contribution < -0.4 is 9.47 Å². The first-order valence-corrected chi connectivity index (χ1v) is 13.9. The van der Waals surface area contributed by atoms with Gasteiger partial charge in [-0.2, -0.15) is 0 Å². The van der Waals surface area contributed by atoms with Gasteiger partial charge in [0.15, 0.2) is 0 Å². The summed E-state index contributed by atoms with van der Waals surface area (Å²) in [6.45, 7) is 1.33. The van der Waals surface area contributed by atoms with Gasteiger partial charge in [0.25, 0.3) is 0 Å². The Hall–Kier alpha value is -3.71. The standard InChI is InChI=1S/C32H36O6S/c1-35-31(33)22-21-29(39-30-19-15-26(16-20-30)32(34)36-2)12-8-9-25-13-17-28(18-14-25)38-24-7-6-23-37-27-10-4-3-5-11-27/h3-5,8,10-20,29H,6-7,9,21-24H2,1-2H3. The number of para-hydroxylation sites is 1. The van der Waals surface area contributed by atoms with Gasteiger partial charge in [0.05, 0.1) is 33.0 Å². The maximum atomic E-state index is 11.7. The molecule has 3 aromatic rings. The van der Waals surface area contributed by atoms with Gasteiger partial charge >= 0.3 is 11.9 Å². The average Bonchev–Trinajstić information content (AvgIpc) is 2.98. The molecule has 0 saturated carbocycles. The van der Waals surface area contributed by atoms with Crippen molar-refractivity contribution in [2.45, 2.75) is 42.2 Å². The van der Waals surface area contributed by atoms with E-state index in [1.165, 1.54) is 19.8 Å². The minimum atomic E-state index is -0.362. The van der Waals surface area contributed by atoms with E-state index < -0.39 is 0 Å². The van der Waals surface area contributed by atoms with Crippen molar-refractivity contribution in [3.63, 3.8) is 0 Å². The minimum Gasteiger partial charge on any atom is -0.494 e. The molecule has 7 heteroatoms. The van der Waals surface area contributed by atoms with Crippen LogP contribution in [0.2, 0.25) is 0 Å². The maximum absolute atomic E-state index is 11.7. The monoisotopic (exact) mass is 548 g/mol. The molecular weight excluding hydrogens is 512 g/mol. The zero-order valence-electron chi connectivity index (χ0n) is 22.5. The summed E-state index contributed by atoms with van der Waals surface area (Å²) >= 11 is 1.64. The van der Waals surface area contributed by atoms with Crippen LogP contribution in [0.25, 0.3) is 0 Å². The van der Waals surface area contributed by atoms with Gasteiger partial charge in [0.2, 0.25) is 0 Å². The lowest BCUT2D eigenvalue weighted by Crippen LogP contribution is -2.06. The van der Waals surface area contributed by atoms with Gasteiger partial charge < -0.3 is 18.9 Å². The van der Waals surface area contributed by atoms with Gasteiger partial charge in [-0.05, 0) is 79.8 Å². The van der Waals surface area contributed by atoms with E-state index in [4.69, 9.17) is 18.9 Å². The molecular formula is C32H36O6S. The van der Waals surface area contributed by atoms with E-state index in [9.17, 15) is 9.59 Å². The first-order valence-electron chi connectivity index (χ1n) is 13.1. The lowest BCUT2D eigenvalue weighted by atomic mass is 10.1. The highest BCUT2D eigenvalue weighted by molar-refractivity contribution is 8.00. The number of carbonyl (C=O) groups is 2. The molecule has 0 saturated heterocycles. The topological polar surface area (TPSA) is 71.1 Å². The molecule has 206 valence electrons. The predicted molar refractivity (Wildman–Crippen MR) is 155 cm³/mol.